The fraction of sp³-hybridized carbons (Fsp3) is 0.167. The molecule has 0 aliphatic heterocycles. The van der Waals surface area contributed by atoms with Crippen molar-refractivity contribution in [2.75, 3.05) is 0 Å². The Morgan fingerprint density at radius 3 is 2.71 bits per heavy atom. The van der Waals surface area contributed by atoms with Crippen molar-refractivity contribution in [3.8, 4) is 5.69 Å². The van der Waals surface area contributed by atoms with Crippen LogP contribution in [0.1, 0.15) is 23.6 Å². The maximum absolute atomic E-state index is 13.1. The summed E-state index contributed by atoms with van der Waals surface area (Å²) >= 11 is 0. The SMILES string of the molecule is NC(=O)C1(c2cnn(-c3ccc(F)cc3)c2)CC1c1ccccn1. The van der Waals surface area contributed by atoms with Crippen LogP contribution in [0.25, 0.3) is 5.69 Å². The highest BCUT2D eigenvalue weighted by Gasteiger charge is 2.62. The van der Waals surface area contributed by atoms with Gasteiger partial charge < -0.3 is 5.73 Å². The molecule has 120 valence electrons. The summed E-state index contributed by atoms with van der Waals surface area (Å²) in [5, 5.41) is 4.30. The number of primary amides is 1. The minimum Gasteiger partial charge on any atom is -0.369 e. The normalized spacial score (nSPS) is 22.3. The zero-order valence-corrected chi connectivity index (χ0v) is 12.8. The first kappa shape index (κ1) is 14.6. The Balaban J connectivity index is 1.69. The van der Waals surface area contributed by atoms with E-state index in [9.17, 15) is 9.18 Å². The molecule has 1 aromatic carbocycles. The molecule has 6 heteroatoms. The van der Waals surface area contributed by atoms with Gasteiger partial charge in [0, 0.05) is 29.6 Å². The van der Waals surface area contributed by atoms with Crippen molar-refractivity contribution in [2.45, 2.75) is 17.8 Å². The van der Waals surface area contributed by atoms with Crippen LogP contribution in [0.2, 0.25) is 0 Å². The number of rotatable bonds is 4. The second kappa shape index (κ2) is 5.26. The van der Waals surface area contributed by atoms with Gasteiger partial charge in [-0.15, -0.1) is 0 Å². The van der Waals surface area contributed by atoms with E-state index >= 15 is 0 Å². The van der Waals surface area contributed by atoms with Crippen LogP contribution in [-0.4, -0.2) is 20.7 Å². The second-order valence-corrected chi connectivity index (χ2v) is 6.00. The molecule has 2 atom stereocenters. The minimum atomic E-state index is -0.771. The zero-order chi connectivity index (χ0) is 16.7. The van der Waals surface area contributed by atoms with Gasteiger partial charge in [0.2, 0.25) is 5.91 Å². The number of hydrogen-bond acceptors (Lipinski definition) is 3. The number of nitrogens with two attached hydrogens (primary N) is 1. The van der Waals surface area contributed by atoms with Gasteiger partial charge in [-0.2, -0.15) is 5.10 Å². The van der Waals surface area contributed by atoms with Gasteiger partial charge in [0.1, 0.15) is 5.82 Å². The van der Waals surface area contributed by atoms with E-state index in [1.165, 1.54) is 12.1 Å². The number of amides is 1. The highest BCUT2D eigenvalue weighted by Crippen LogP contribution is 2.59. The van der Waals surface area contributed by atoms with Gasteiger partial charge >= 0.3 is 0 Å². The molecule has 0 saturated heterocycles. The second-order valence-electron chi connectivity index (χ2n) is 6.00. The van der Waals surface area contributed by atoms with Crippen molar-refractivity contribution in [1.82, 2.24) is 14.8 Å². The van der Waals surface area contributed by atoms with Gasteiger partial charge in [-0.1, -0.05) is 6.07 Å². The molecule has 5 nitrogen and oxygen atoms in total. The van der Waals surface area contributed by atoms with Gasteiger partial charge in [0.15, 0.2) is 0 Å². The van der Waals surface area contributed by atoms with Crippen LogP contribution < -0.4 is 5.73 Å². The Labute approximate surface area is 137 Å². The quantitative estimate of drug-likeness (QED) is 0.801. The summed E-state index contributed by atoms with van der Waals surface area (Å²) in [5.74, 6) is -0.726. The Morgan fingerprint density at radius 2 is 2.04 bits per heavy atom. The molecule has 1 fully saturated rings. The highest BCUT2D eigenvalue weighted by molar-refractivity contribution is 5.92. The van der Waals surface area contributed by atoms with Crippen molar-refractivity contribution in [3.05, 3.63) is 78.1 Å². The molecular formula is C18H15FN4O. The third-order valence-corrected chi connectivity index (χ3v) is 4.63. The van der Waals surface area contributed by atoms with Gasteiger partial charge in [-0.3, -0.25) is 9.78 Å². The van der Waals surface area contributed by atoms with E-state index in [2.05, 4.69) is 10.1 Å². The van der Waals surface area contributed by atoms with Crippen LogP contribution in [0.15, 0.2) is 61.1 Å². The van der Waals surface area contributed by atoms with Crippen LogP contribution in [-0.2, 0) is 10.2 Å². The maximum Gasteiger partial charge on any atom is 0.228 e. The number of carbonyl (C=O) groups excluding carboxylic acids is 1. The van der Waals surface area contributed by atoms with Gasteiger partial charge in [-0.25, -0.2) is 9.07 Å². The molecular weight excluding hydrogens is 307 g/mol. The first-order chi connectivity index (χ1) is 11.6. The first-order valence-corrected chi connectivity index (χ1v) is 7.63. The minimum absolute atomic E-state index is 0.0398. The predicted molar refractivity (Wildman–Crippen MR) is 86.0 cm³/mol. The summed E-state index contributed by atoms with van der Waals surface area (Å²) in [6.07, 6.45) is 5.76. The molecule has 1 amide bonds. The summed E-state index contributed by atoms with van der Waals surface area (Å²) in [6.45, 7) is 0. The van der Waals surface area contributed by atoms with Crippen LogP contribution >= 0.6 is 0 Å². The zero-order valence-electron chi connectivity index (χ0n) is 12.8. The monoisotopic (exact) mass is 322 g/mol. The molecule has 0 radical (unpaired) electrons. The Hall–Kier alpha value is -3.02. The van der Waals surface area contributed by atoms with E-state index in [0.29, 0.717) is 6.42 Å². The third kappa shape index (κ3) is 2.19. The largest absolute Gasteiger partial charge is 0.369 e. The molecule has 4 rings (SSSR count). The first-order valence-electron chi connectivity index (χ1n) is 7.63. The summed E-state index contributed by atoms with van der Waals surface area (Å²) < 4.78 is 14.7. The average molecular weight is 322 g/mol. The topological polar surface area (TPSA) is 73.8 Å². The molecule has 2 unspecified atom stereocenters. The van der Waals surface area contributed by atoms with E-state index in [1.54, 1.807) is 35.4 Å². The fourth-order valence-electron chi connectivity index (χ4n) is 3.22. The molecule has 0 spiro atoms. The number of hydrogen-bond donors (Lipinski definition) is 1. The summed E-state index contributed by atoms with van der Waals surface area (Å²) in [4.78, 5) is 16.5. The third-order valence-electron chi connectivity index (χ3n) is 4.63. The molecule has 3 aromatic rings. The number of benzene rings is 1. The smallest absolute Gasteiger partial charge is 0.228 e. The van der Waals surface area contributed by atoms with Crippen LogP contribution in [0.5, 0.6) is 0 Å². The maximum atomic E-state index is 13.1. The van der Waals surface area contributed by atoms with Crippen molar-refractivity contribution >= 4 is 5.91 Å². The number of pyridine rings is 1. The molecule has 24 heavy (non-hydrogen) atoms. The molecule has 2 aromatic heterocycles. The Morgan fingerprint density at radius 1 is 1.25 bits per heavy atom. The van der Waals surface area contributed by atoms with E-state index in [0.717, 1.165) is 16.9 Å². The summed E-state index contributed by atoms with van der Waals surface area (Å²) in [5.41, 5.74) is 7.27. The molecule has 1 aliphatic carbocycles. The highest BCUT2D eigenvalue weighted by atomic mass is 19.1. The van der Waals surface area contributed by atoms with Crippen molar-refractivity contribution in [1.29, 1.82) is 0 Å². The van der Waals surface area contributed by atoms with Crippen molar-refractivity contribution < 1.29 is 9.18 Å². The molecule has 2 heterocycles. The lowest BCUT2D eigenvalue weighted by molar-refractivity contribution is -0.120. The van der Waals surface area contributed by atoms with E-state index in [-0.39, 0.29) is 17.6 Å². The van der Waals surface area contributed by atoms with Crippen molar-refractivity contribution in [2.24, 2.45) is 5.73 Å². The van der Waals surface area contributed by atoms with E-state index < -0.39 is 5.41 Å². The van der Waals surface area contributed by atoms with Gasteiger partial charge in [0.05, 0.1) is 17.3 Å². The molecule has 1 aliphatic rings. The lowest BCUT2D eigenvalue weighted by Gasteiger charge is -2.11. The lowest BCUT2D eigenvalue weighted by atomic mass is 9.94. The number of carbonyl (C=O) groups is 1. The lowest BCUT2D eigenvalue weighted by Crippen LogP contribution is -2.30. The molecule has 2 N–H and O–H groups in total. The average Bonchev–Trinajstić information content (AvgIpc) is 3.18. The summed E-state index contributed by atoms with van der Waals surface area (Å²) in [7, 11) is 0. The van der Waals surface area contributed by atoms with Crippen LogP contribution in [0.4, 0.5) is 4.39 Å². The Bertz CT molecular complexity index is 891. The fourth-order valence-corrected chi connectivity index (χ4v) is 3.22. The Kier molecular flexibility index (Phi) is 3.19. The standard InChI is InChI=1S/C18H15FN4O/c19-13-4-6-14(7-5-13)23-11-12(10-22-23)18(17(20)24)9-15(18)16-3-1-2-8-21-16/h1-8,10-11,15H,9H2,(H2,20,24). The van der Waals surface area contributed by atoms with E-state index in [1.807, 2.05) is 18.2 Å². The van der Waals surface area contributed by atoms with Crippen LogP contribution in [0, 0.1) is 5.82 Å². The number of aromatic nitrogens is 3. The van der Waals surface area contributed by atoms with Crippen molar-refractivity contribution in [3.63, 3.8) is 0 Å². The number of halogens is 1. The predicted octanol–water partition coefficient (Wildman–Crippen LogP) is 2.32. The molecule has 1 saturated carbocycles. The van der Waals surface area contributed by atoms with Crippen LogP contribution in [0.3, 0.4) is 0 Å². The van der Waals surface area contributed by atoms with Gasteiger partial charge in [0.25, 0.3) is 0 Å². The molecule has 0 bridgehead atoms. The van der Waals surface area contributed by atoms with E-state index in [4.69, 9.17) is 5.73 Å². The summed E-state index contributed by atoms with van der Waals surface area (Å²) in [6, 6.07) is 11.6. The number of nitrogens with zero attached hydrogens (tertiary/aromatic N) is 3. The van der Waals surface area contributed by atoms with Gasteiger partial charge in [-0.05, 0) is 42.8 Å².